The highest BCUT2D eigenvalue weighted by molar-refractivity contribution is 7.99. The van der Waals surface area contributed by atoms with E-state index in [9.17, 15) is 14.4 Å². The van der Waals surface area contributed by atoms with Gasteiger partial charge in [0.05, 0.1) is 16.9 Å². The van der Waals surface area contributed by atoms with E-state index in [1.807, 2.05) is 18.2 Å². The van der Waals surface area contributed by atoms with Crippen LogP contribution in [0.3, 0.4) is 0 Å². The molecule has 0 unspecified atom stereocenters. The normalized spacial score (nSPS) is 13.0. The molecule has 5 nitrogen and oxygen atoms in total. The van der Waals surface area contributed by atoms with E-state index in [-0.39, 0.29) is 17.7 Å². The summed E-state index contributed by atoms with van der Waals surface area (Å²) in [7, 11) is 0. The van der Waals surface area contributed by atoms with Gasteiger partial charge in [-0.1, -0.05) is 35.9 Å². The van der Waals surface area contributed by atoms with Crippen LogP contribution in [0.5, 0.6) is 0 Å². The SMILES string of the molecule is O=C(CSCCCCN1C(=O)c2ccccc2C1=O)NCc1cccc(Cl)c1. The van der Waals surface area contributed by atoms with Crippen LogP contribution in [0.4, 0.5) is 0 Å². The van der Waals surface area contributed by atoms with Gasteiger partial charge in [-0.05, 0) is 48.4 Å². The summed E-state index contributed by atoms with van der Waals surface area (Å²) in [5, 5.41) is 3.52. The van der Waals surface area contributed by atoms with Crippen molar-refractivity contribution in [3.8, 4) is 0 Å². The van der Waals surface area contributed by atoms with Crippen molar-refractivity contribution in [3.05, 3.63) is 70.2 Å². The molecule has 0 bridgehead atoms. The van der Waals surface area contributed by atoms with E-state index in [4.69, 9.17) is 11.6 Å². The number of fused-ring (bicyclic) bond motifs is 1. The first-order chi connectivity index (χ1) is 13.6. The van der Waals surface area contributed by atoms with Crippen LogP contribution in [0.15, 0.2) is 48.5 Å². The summed E-state index contributed by atoms with van der Waals surface area (Å²) < 4.78 is 0. The standard InChI is InChI=1S/C21H21ClN2O3S/c22-16-7-5-6-15(12-16)13-23-19(25)14-28-11-4-3-10-24-20(26)17-8-1-2-9-18(17)21(24)27/h1-2,5-9,12H,3-4,10-11,13-14H2,(H,23,25). The fourth-order valence-electron chi connectivity index (χ4n) is 2.98. The van der Waals surface area contributed by atoms with Crippen molar-refractivity contribution in [2.75, 3.05) is 18.1 Å². The molecule has 1 aliphatic heterocycles. The topological polar surface area (TPSA) is 66.5 Å². The number of imide groups is 1. The van der Waals surface area contributed by atoms with Gasteiger partial charge in [0.25, 0.3) is 11.8 Å². The fourth-order valence-corrected chi connectivity index (χ4v) is 4.03. The summed E-state index contributed by atoms with van der Waals surface area (Å²) in [5.74, 6) is 0.731. The Morgan fingerprint density at radius 1 is 1.00 bits per heavy atom. The Bertz CT molecular complexity index is 852. The number of hydrogen-bond donors (Lipinski definition) is 1. The van der Waals surface area contributed by atoms with Gasteiger partial charge in [-0.15, -0.1) is 0 Å². The van der Waals surface area contributed by atoms with Crippen LogP contribution in [0.25, 0.3) is 0 Å². The monoisotopic (exact) mass is 416 g/mol. The van der Waals surface area contributed by atoms with E-state index in [1.165, 1.54) is 4.90 Å². The summed E-state index contributed by atoms with van der Waals surface area (Å²) in [6, 6.07) is 14.3. The molecule has 28 heavy (non-hydrogen) atoms. The van der Waals surface area contributed by atoms with Gasteiger partial charge in [-0.3, -0.25) is 19.3 Å². The van der Waals surface area contributed by atoms with Crippen LogP contribution in [0.2, 0.25) is 5.02 Å². The number of nitrogens with zero attached hydrogens (tertiary/aromatic N) is 1. The molecule has 3 amide bonds. The molecule has 0 fully saturated rings. The number of unbranched alkanes of at least 4 members (excludes halogenated alkanes) is 1. The van der Waals surface area contributed by atoms with Crippen molar-refractivity contribution in [1.82, 2.24) is 10.2 Å². The number of thioether (sulfide) groups is 1. The minimum absolute atomic E-state index is 0.0228. The van der Waals surface area contributed by atoms with Crippen LogP contribution < -0.4 is 5.32 Å². The Hall–Kier alpha value is -2.31. The highest BCUT2D eigenvalue weighted by Gasteiger charge is 2.34. The number of benzene rings is 2. The van der Waals surface area contributed by atoms with Gasteiger partial charge in [0, 0.05) is 18.1 Å². The van der Waals surface area contributed by atoms with E-state index in [2.05, 4.69) is 5.32 Å². The summed E-state index contributed by atoms with van der Waals surface area (Å²) in [5.41, 5.74) is 1.93. The second-order valence-electron chi connectivity index (χ2n) is 6.47. The molecule has 7 heteroatoms. The number of nitrogens with one attached hydrogen (secondary N) is 1. The lowest BCUT2D eigenvalue weighted by atomic mass is 10.1. The Morgan fingerprint density at radius 2 is 1.71 bits per heavy atom. The minimum atomic E-state index is -0.214. The molecule has 1 N–H and O–H groups in total. The van der Waals surface area contributed by atoms with Gasteiger partial charge in [0.1, 0.15) is 0 Å². The number of carbonyl (C=O) groups is 3. The zero-order chi connectivity index (χ0) is 19.9. The molecular formula is C21H21ClN2O3S. The number of amides is 3. The number of rotatable bonds is 9. The van der Waals surface area contributed by atoms with Crippen molar-refractivity contribution >= 4 is 41.1 Å². The number of halogens is 1. The van der Waals surface area contributed by atoms with Crippen LogP contribution in [-0.4, -0.2) is 40.7 Å². The second-order valence-corrected chi connectivity index (χ2v) is 8.02. The predicted molar refractivity (Wildman–Crippen MR) is 112 cm³/mol. The molecule has 0 saturated carbocycles. The first-order valence-electron chi connectivity index (χ1n) is 9.10. The summed E-state index contributed by atoms with van der Waals surface area (Å²) in [6.45, 7) is 0.869. The van der Waals surface area contributed by atoms with Crippen molar-refractivity contribution in [1.29, 1.82) is 0 Å². The number of hydrogen-bond acceptors (Lipinski definition) is 4. The first kappa shape index (κ1) is 20.4. The molecule has 0 radical (unpaired) electrons. The molecule has 0 aromatic heterocycles. The van der Waals surface area contributed by atoms with Gasteiger partial charge >= 0.3 is 0 Å². The molecule has 0 atom stereocenters. The zero-order valence-electron chi connectivity index (χ0n) is 15.3. The first-order valence-corrected chi connectivity index (χ1v) is 10.6. The fraction of sp³-hybridized carbons (Fsp3) is 0.286. The third-order valence-electron chi connectivity index (χ3n) is 4.41. The maximum absolute atomic E-state index is 12.3. The molecule has 1 aliphatic rings. The molecule has 0 aliphatic carbocycles. The summed E-state index contributed by atoms with van der Waals surface area (Å²) in [4.78, 5) is 37.7. The molecule has 3 rings (SSSR count). The maximum Gasteiger partial charge on any atom is 0.261 e. The Morgan fingerprint density at radius 3 is 2.39 bits per heavy atom. The van der Waals surface area contributed by atoms with Crippen molar-refractivity contribution in [2.24, 2.45) is 0 Å². The Labute approximate surface area is 173 Å². The van der Waals surface area contributed by atoms with Crippen molar-refractivity contribution in [2.45, 2.75) is 19.4 Å². The lowest BCUT2D eigenvalue weighted by molar-refractivity contribution is -0.118. The van der Waals surface area contributed by atoms with E-state index >= 15 is 0 Å². The van der Waals surface area contributed by atoms with Crippen molar-refractivity contribution < 1.29 is 14.4 Å². The molecule has 0 saturated heterocycles. The largest absolute Gasteiger partial charge is 0.351 e. The van der Waals surface area contributed by atoms with Gasteiger partial charge < -0.3 is 5.32 Å². The average Bonchev–Trinajstić information content (AvgIpc) is 2.94. The Balaban J connectivity index is 1.30. The molecular weight excluding hydrogens is 396 g/mol. The third-order valence-corrected chi connectivity index (χ3v) is 5.69. The van der Waals surface area contributed by atoms with Crippen LogP contribution >= 0.6 is 23.4 Å². The minimum Gasteiger partial charge on any atom is -0.351 e. The van der Waals surface area contributed by atoms with Crippen molar-refractivity contribution in [3.63, 3.8) is 0 Å². The van der Waals surface area contributed by atoms with Gasteiger partial charge in [-0.2, -0.15) is 11.8 Å². The molecule has 2 aromatic carbocycles. The Kier molecular flexibility index (Phi) is 7.12. The lowest BCUT2D eigenvalue weighted by Crippen LogP contribution is -2.30. The lowest BCUT2D eigenvalue weighted by Gasteiger charge is -2.13. The van der Waals surface area contributed by atoms with Gasteiger partial charge in [0.2, 0.25) is 5.91 Å². The number of carbonyl (C=O) groups excluding carboxylic acids is 3. The molecule has 2 aromatic rings. The molecule has 0 spiro atoms. The maximum atomic E-state index is 12.3. The highest BCUT2D eigenvalue weighted by atomic mass is 35.5. The highest BCUT2D eigenvalue weighted by Crippen LogP contribution is 2.22. The smallest absolute Gasteiger partial charge is 0.261 e. The van der Waals surface area contributed by atoms with E-state index in [0.717, 1.165) is 24.2 Å². The van der Waals surface area contributed by atoms with Gasteiger partial charge in [0.15, 0.2) is 0 Å². The quantitative estimate of drug-likeness (QED) is 0.499. The predicted octanol–water partition coefficient (Wildman–Crippen LogP) is 3.77. The summed E-state index contributed by atoms with van der Waals surface area (Å²) >= 11 is 7.47. The van der Waals surface area contributed by atoms with Gasteiger partial charge in [-0.25, -0.2) is 0 Å². The molecule has 146 valence electrons. The second kappa shape index (κ2) is 9.75. The van der Waals surface area contributed by atoms with E-state index in [1.54, 1.807) is 42.1 Å². The van der Waals surface area contributed by atoms with Crippen LogP contribution in [0, 0.1) is 0 Å². The van der Waals surface area contributed by atoms with E-state index < -0.39 is 0 Å². The van der Waals surface area contributed by atoms with Crippen LogP contribution in [0.1, 0.15) is 39.1 Å². The van der Waals surface area contributed by atoms with Crippen LogP contribution in [-0.2, 0) is 11.3 Å². The zero-order valence-corrected chi connectivity index (χ0v) is 16.9. The third kappa shape index (κ3) is 5.14. The summed E-state index contributed by atoms with van der Waals surface area (Å²) in [6.07, 6.45) is 1.56. The average molecular weight is 417 g/mol. The van der Waals surface area contributed by atoms with E-state index in [0.29, 0.717) is 35.0 Å². The molecule has 1 heterocycles.